The lowest BCUT2D eigenvalue weighted by Crippen LogP contribution is -2.08. The van der Waals surface area contributed by atoms with Crippen LogP contribution < -0.4 is 0 Å². The second-order valence-electron chi connectivity index (χ2n) is 4.13. The summed E-state index contributed by atoms with van der Waals surface area (Å²) in [6.07, 6.45) is 6.14. The molecule has 1 unspecified atom stereocenters. The van der Waals surface area contributed by atoms with Gasteiger partial charge >= 0.3 is 0 Å². The van der Waals surface area contributed by atoms with Crippen molar-refractivity contribution in [3.8, 4) is 0 Å². The second-order valence-corrected chi connectivity index (χ2v) is 7.02. The minimum atomic E-state index is -3.30. The van der Waals surface area contributed by atoms with E-state index in [0.717, 1.165) is 38.7 Å². The van der Waals surface area contributed by atoms with Gasteiger partial charge in [0, 0.05) is 17.3 Å². The molecule has 0 bridgehead atoms. The Kier molecular flexibility index (Phi) is 9.37. The molecule has 5 heteroatoms. The Morgan fingerprint density at radius 3 is 2.38 bits per heavy atom. The normalized spacial score (nSPS) is 13.9. The van der Waals surface area contributed by atoms with Crippen molar-refractivity contribution in [3.05, 3.63) is 0 Å². The van der Waals surface area contributed by atoms with Crippen LogP contribution in [-0.4, -0.2) is 26.9 Å². The Morgan fingerprint density at radius 1 is 1.19 bits per heavy atom. The van der Waals surface area contributed by atoms with Gasteiger partial charge < -0.3 is 4.74 Å². The molecule has 0 aromatic rings. The maximum atomic E-state index is 10.6. The molecule has 0 N–H and O–H groups in total. The van der Waals surface area contributed by atoms with Gasteiger partial charge in [0.1, 0.15) is 0 Å². The topological polar surface area (TPSA) is 43.4 Å². The van der Waals surface area contributed by atoms with Crippen LogP contribution in [0.25, 0.3) is 0 Å². The quantitative estimate of drug-likeness (QED) is 0.452. The fraction of sp³-hybridized carbons (Fsp3) is 1.00. The average molecular weight is 271 g/mol. The minimum Gasteiger partial charge on any atom is -0.379 e. The largest absolute Gasteiger partial charge is 0.379 e. The van der Waals surface area contributed by atoms with E-state index in [1.54, 1.807) is 0 Å². The third-order valence-electron chi connectivity index (χ3n) is 2.38. The lowest BCUT2D eigenvalue weighted by molar-refractivity contribution is 0.0571. The molecule has 0 aromatic carbocycles. The predicted octanol–water partition coefficient (Wildman–Crippen LogP) is 3.32. The first-order valence-electron chi connectivity index (χ1n) is 5.99. The summed E-state index contributed by atoms with van der Waals surface area (Å²) in [6, 6.07) is 0. The van der Waals surface area contributed by atoms with Crippen molar-refractivity contribution in [2.45, 2.75) is 58.5 Å². The molecule has 0 saturated heterocycles. The monoisotopic (exact) mass is 270 g/mol. The zero-order valence-corrected chi connectivity index (χ0v) is 11.8. The van der Waals surface area contributed by atoms with Gasteiger partial charge in [0.2, 0.25) is 9.05 Å². The first kappa shape index (κ1) is 16.2. The van der Waals surface area contributed by atoms with Crippen LogP contribution in [0.4, 0.5) is 0 Å². The molecule has 0 fully saturated rings. The van der Waals surface area contributed by atoms with Crippen LogP contribution in [0, 0.1) is 0 Å². The highest BCUT2D eigenvalue weighted by Crippen LogP contribution is 2.07. The van der Waals surface area contributed by atoms with Crippen LogP contribution in [0.15, 0.2) is 0 Å². The Labute approximate surface area is 104 Å². The van der Waals surface area contributed by atoms with E-state index >= 15 is 0 Å². The third-order valence-corrected chi connectivity index (χ3v) is 3.62. The van der Waals surface area contributed by atoms with Gasteiger partial charge in [0.25, 0.3) is 0 Å². The Balaban J connectivity index is 3.22. The molecular formula is C11H23ClO3S. The molecule has 0 spiro atoms. The second kappa shape index (κ2) is 9.25. The maximum absolute atomic E-state index is 10.6. The molecule has 0 aliphatic rings. The van der Waals surface area contributed by atoms with Gasteiger partial charge in [-0.1, -0.05) is 26.2 Å². The molecule has 0 aromatic heterocycles. The van der Waals surface area contributed by atoms with Gasteiger partial charge in [-0.25, -0.2) is 8.42 Å². The molecule has 0 aliphatic heterocycles. The lowest BCUT2D eigenvalue weighted by atomic mass is 10.2. The van der Waals surface area contributed by atoms with Crippen molar-refractivity contribution in [2.24, 2.45) is 0 Å². The van der Waals surface area contributed by atoms with E-state index in [1.807, 2.05) is 0 Å². The summed E-state index contributed by atoms with van der Waals surface area (Å²) in [4.78, 5) is 0. The number of hydrogen-bond donors (Lipinski definition) is 0. The summed E-state index contributed by atoms with van der Waals surface area (Å²) < 4.78 is 26.8. The summed E-state index contributed by atoms with van der Waals surface area (Å²) in [5, 5.41) is 0. The van der Waals surface area contributed by atoms with E-state index in [4.69, 9.17) is 15.4 Å². The van der Waals surface area contributed by atoms with Gasteiger partial charge in [0.05, 0.1) is 11.9 Å². The molecule has 1 atom stereocenters. The van der Waals surface area contributed by atoms with Crippen molar-refractivity contribution in [2.75, 3.05) is 12.4 Å². The number of unbranched alkanes of at least 4 members (excludes halogenated alkanes) is 3. The van der Waals surface area contributed by atoms with Gasteiger partial charge in [-0.05, 0) is 26.2 Å². The molecule has 98 valence electrons. The third kappa shape index (κ3) is 12.3. The van der Waals surface area contributed by atoms with Crippen LogP contribution >= 0.6 is 10.7 Å². The van der Waals surface area contributed by atoms with Crippen LogP contribution in [-0.2, 0) is 13.8 Å². The van der Waals surface area contributed by atoms with Gasteiger partial charge in [-0.2, -0.15) is 0 Å². The zero-order chi connectivity index (χ0) is 12.4. The summed E-state index contributed by atoms with van der Waals surface area (Å²) in [7, 11) is 1.80. The van der Waals surface area contributed by atoms with Gasteiger partial charge in [-0.3, -0.25) is 0 Å². The van der Waals surface area contributed by atoms with E-state index in [9.17, 15) is 8.42 Å². The van der Waals surface area contributed by atoms with Crippen molar-refractivity contribution in [1.29, 1.82) is 0 Å². The Morgan fingerprint density at radius 2 is 1.81 bits per heavy atom. The summed E-state index contributed by atoms with van der Waals surface area (Å²) >= 11 is 0. The van der Waals surface area contributed by atoms with Gasteiger partial charge in [0.15, 0.2) is 0 Å². The highest BCUT2D eigenvalue weighted by Gasteiger charge is 2.04. The molecule has 0 amide bonds. The van der Waals surface area contributed by atoms with Crippen LogP contribution in [0.2, 0.25) is 0 Å². The van der Waals surface area contributed by atoms with E-state index < -0.39 is 9.05 Å². The van der Waals surface area contributed by atoms with Crippen molar-refractivity contribution >= 4 is 19.7 Å². The lowest BCUT2D eigenvalue weighted by Gasteiger charge is -2.11. The van der Waals surface area contributed by atoms with E-state index in [1.165, 1.54) is 0 Å². The molecule has 0 aliphatic carbocycles. The Bertz CT molecular complexity index is 252. The van der Waals surface area contributed by atoms with Crippen LogP contribution in [0.3, 0.4) is 0 Å². The molecule has 0 heterocycles. The first-order valence-corrected chi connectivity index (χ1v) is 8.47. The summed E-state index contributed by atoms with van der Waals surface area (Å²) in [5.41, 5.74) is 0. The average Bonchev–Trinajstić information content (AvgIpc) is 2.15. The van der Waals surface area contributed by atoms with E-state index in [2.05, 4.69) is 13.8 Å². The molecule has 16 heavy (non-hydrogen) atoms. The number of hydrogen-bond acceptors (Lipinski definition) is 3. The number of halogens is 1. The molecule has 0 radical (unpaired) electrons. The van der Waals surface area contributed by atoms with Crippen molar-refractivity contribution in [3.63, 3.8) is 0 Å². The van der Waals surface area contributed by atoms with Crippen LogP contribution in [0.5, 0.6) is 0 Å². The molecule has 0 rings (SSSR count). The molecular weight excluding hydrogens is 248 g/mol. The van der Waals surface area contributed by atoms with Crippen molar-refractivity contribution < 1.29 is 13.2 Å². The smallest absolute Gasteiger partial charge is 0.232 e. The standard InChI is InChI=1S/C11H23ClO3S/c1-3-8-11(2)15-9-6-4-5-7-10-16(12,13)14/h11H,3-10H2,1-2H3. The number of rotatable bonds is 10. The van der Waals surface area contributed by atoms with Gasteiger partial charge in [-0.15, -0.1) is 0 Å². The molecule has 3 nitrogen and oxygen atoms in total. The predicted molar refractivity (Wildman–Crippen MR) is 68.4 cm³/mol. The van der Waals surface area contributed by atoms with E-state index in [-0.39, 0.29) is 5.75 Å². The Hall–Kier alpha value is 0.200. The highest BCUT2D eigenvalue weighted by atomic mass is 35.7. The zero-order valence-electron chi connectivity index (χ0n) is 10.2. The number of ether oxygens (including phenoxy) is 1. The first-order chi connectivity index (χ1) is 7.45. The minimum absolute atomic E-state index is 0.0850. The molecule has 0 saturated carbocycles. The van der Waals surface area contributed by atoms with E-state index in [0.29, 0.717) is 12.5 Å². The van der Waals surface area contributed by atoms with Crippen LogP contribution in [0.1, 0.15) is 52.4 Å². The SMILES string of the molecule is CCCC(C)OCCCCCCS(=O)(=O)Cl. The highest BCUT2D eigenvalue weighted by molar-refractivity contribution is 8.13. The fourth-order valence-electron chi connectivity index (χ4n) is 1.50. The summed E-state index contributed by atoms with van der Waals surface area (Å²) in [6.45, 7) is 5.00. The van der Waals surface area contributed by atoms with Crippen molar-refractivity contribution in [1.82, 2.24) is 0 Å². The summed E-state index contributed by atoms with van der Waals surface area (Å²) in [5.74, 6) is 0.0850. The fourth-order valence-corrected chi connectivity index (χ4v) is 2.38. The maximum Gasteiger partial charge on any atom is 0.232 e.